The smallest absolute Gasteiger partial charge is 0.320 e. The SMILES string of the molecule is CCOC(=O)CN1CCN(Cc2ccc3c(c2)NC(=O)C(C)O3)CC1. The van der Waals surface area contributed by atoms with Gasteiger partial charge in [0.25, 0.3) is 5.91 Å². The van der Waals surface area contributed by atoms with Gasteiger partial charge in [-0.3, -0.25) is 19.4 Å². The minimum Gasteiger partial charge on any atom is -0.479 e. The summed E-state index contributed by atoms with van der Waals surface area (Å²) in [7, 11) is 0. The van der Waals surface area contributed by atoms with Crippen LogP contribution in [0.1, 0.15) is 19.4 Å². The summed E-state index contributed by atoms with van der Waals surface area (Å²) in [6, 6.07) is 5.93. The highest BCUT2D eigenvalue weighted by Crippen LogP contribution is 2.30. The number of hydrogen-bond donors (Lipinski definition) is 1. The highest BCUT2D eigenvalue weighted by atomic mass is 16.5. The highest BCUT2D eigenvalue weighted by molar-refractivity contribution is 5.97. The van der Waals surface area contributed by atoms with Gasteiger partial charge >= 0.3 is 5.97 Å². The standard InChI is InChI=1S/C18H25N3O4/c1-3-24-17(22)12-21-8-6-20(7-9-21)11-14-4-5-16-15(10-14)19-18(23)13(2)25-16/h4-5,10,13H,3,6-9,11-12H2,1-2H3,(H,19,23). The van der Waals surface area contributed by atoms with Gasteiger partial charge in [0.2, 0.25) is 0 Å². The molecule has 2 aliphatic heterocycles. The quantitative estimate of drug-likeness (QED) is 0.804. The molecule has 1 atom stereocenters. The van der Waals surface area contributed by atoms with Crippen molar-refractivity contribution in [3.05, 3.63) is 23.8 Å². The Morgan fingerprint density at radius 3 is 2.72 bits per heavy atom. The largest absolute Gasteiger partial charge is 0.479 e. The molecule has 7 heteroatoms. The first-order chi connectivity index (χ1) is 12.0. The van der Waals surface area contributed by atoms with Crippen molar-refractivity contribution >= 4 is 17.6 Å². The number of anilines is 1. The summed E-state index contributed by atoms with van der Waals surface area (Å²) in [5.74, 6) is 0.447. The van der Waals surface area contributed by atoms with Gasteiger partial charge in [-0.25, -0.2) is 0 Å². The van der Waals surface area contributed by atoms with Crippen LogP contribution in [0.4, 0.5) is 5.69 Å². The maximum Gasteiger partial charge on any atom is 0.320 e. The average Bonchev–Trinajstić information content (AvgIpc) is 2.58. The van der Waals surface area contributed by atoms with Crippen molar-refractivity contribution in [1.29, 1.82) is 0 Å². The van der Waals surface area contributed by atoms with E-state index in [2.05, 4.69) is 15.1 Å². The molecular weight excluding hydrogens is 322 g/mol. The highest BCUT2D eigenvalue weighted by Gasteiger charge is 2.24. The normalized spacial score (nSPS) is 21.2. The van der Waals surface area contributed by atoms with Crippen LogP contribution in [-0.4, -0.2) is 67.1 Å². The molecule has 25 heavy (non-hydrogen) atoms. The Bertz CT molecular complexity index is 641. The third kappa shape index (κ3) is 4.49. The summed E-state index contributed by atoms with van der Waals surface area (Å²) >= 11 is 0. The first-order valence-electron chi connectivity index (χ1n) is 8.76. The van der Waals surface area contributed by atoms with Crippen LogP contribution in [0, 0.1) is 0 Å². The molecule has 1 N–H and O–H groups in total. The summed E-state index contributed by atoms with van der Waals surface area (Å²) in [4.78, 5) is 27.8. The number of nitrogens with zero attached hydrogens (tertiary/aromatic N) is 2. The molecule has 136 valence electrons. The number of benzene rings is 1. The molecule has 0 aliphatic carbocycles. The summed E-state index contributed by atoms with van der Waals surface area (Å²) in [6.07, 6.45) is -0.453. The van der Waals surface area contributed by atoms with Gasteiger partial charge < -0.3 is 14.8 Å². The summed E-state index contributed by atoms with van der Waals surface area (Å²) in [5.41, 5.74) is 1.87. The van der Waals surface area contributed by atoms with Crippen LogP contribution in [-0.2, 0) is 20.9 Å². The lowest BCUT2D eigenvalue weighted by molar-refractivity contribution is -0.144. The molecule has 0 radical (unpaired) electrons. The van der Waals surface area contributed by atoms with E-state index in [-0.39, 0.29) is 11.9 Å². The fourth-order valence-electron chi connectivity index (χ4n) is 3.11. The van der Waals surface area contributed by atoms with Crippen LogP contribution in [0.25, 0.3) is 0 Å². The zero-order chi connectivity index (χ0) is 17.8. The topological polar surface area (TPSA) is 71.1 Å². The Morgan fingerprint density at radius 1 is 1.28 bits per heavy atom. The Balaban J connectivity index is 1.52. The molecule has 0 aromatic heterocycles. The van der Waals surface area contributed by atoms with Gasteiger partial charge in [0.1, 0.15) is 5.75 Å². The maximum atomic E-state index is 11.7. The number of carbonyl (C=O) groups is 2. The molecule has 1 saturated heterocycles. The molecular formula is C18H25N3O4. The molecule has 1 aromatic carbocycles. The predicted octanol–water partition coefficient (Wildman–Crippen LogP) is 1.09. The number of carbonyl (C=O) groups excluding carboxylic acids is 2. The first-order valence-corrected chi connectivity index (χ1v) is 8.76. The number of nitrogens with one attached hydrogen (secondary N) is 1. The van der Waals surface area contributed by atoms with E-state index in [9.17, 15) is 9.59 Å². The summed E-state index contributed by atoms with van der Waals surface area (Å²) in [5, 5.41) is 2.89. The molecule has 3 rings (SSSR count). The summed E-state index contributed by atoms with van der Waals surface area (Å²) in [6.45, 7) is 8.66. The predicted molar refractivity (Wildman–Crippen MR) is 93.5 cm³/mol. The maximum absolute atomic E-state index is 11.7. The van der Waals surface area contributed by atoms with Crippen molar-refractivity contribution < 1.29 is 19.1 Å². The van der Waals surface area contributed by atoms with Gasteiger partial charge in [0.05, 0.1) is 18.8 Å². The molecule has 7 nitrogen and oxygen atoms in total. The third-order valence-electron chi connectivity index (χ3n) is 4.50. The van der Waals surface area contributed by atoms with Crippen molar-refractivity contribution in [3.63, 3.8) is 0 Å². The average molecular weight is 347 g/mol. The van der Waals surface area contributed by atoms with Crippen LogP contribution in [0.15, 0.2) is 18.2 Å². The van der Waals surface area contributed by atoms with Gasteiger partial charge in [-0.15, -0.1) is 0 Å². The zero-order valence-corrected chi connectivity index (χ0v) is 14.8. The van der Waals surface area contributed by atoms with Gasteiger partial charge in [0.15, 0.2) is 6.10 Å². The molecule has 2 heterocycles. The minimum atomic E-state index is -0.453. The number of ether oxygens (including phenoxy) is 2. The lowest BCUT2D eigenvalue weighted by Crippen LogP contribution is -2.47. The Kier molecular flexibility index (Phi) is 5.55. The van der Waals surface area contributed by atoms with Gasteiger partial charge in [0, 0.05) is 32.7 Å². The lowest BCUT2D eigenvalue weighted by Gasteiger charge is -2.34. The van der Waals surface area contributed by atoms with Crippen molar-refractivity contribution in [2.45, 2.75) is 26.5 Å². The number of rotatable bonds is 5. The second kappa shape index (κ2) is 7.84. The van der Waals surface area contributed by atoms with E-state index < -0.39 is 6.10 Å². The monoisotopic (exact) mass is 347 g/mol. The summed E-state index contributed by atoms with van der Waals surface area (Å²) < 4.78 is 10.6. The molecule has 0 spiro atoms. The molecule has 0 bridgehead atoms. The van der Waals surface area contributed by atoms with Crippen molar-refractivity contribution in [2.24, 2.45) is 0 Å². The van der Waals surface area contributed by atoms with Crippen molar-refractivity contribution in [1.82, 2.24) is 9.80 Å². The van der Waals surface area contributed by atoms with E-state index in [1.807, 2.05) is 25.1 Å². The Morgan fingerprint density at radius 2 is 2.00 bits per heavy atom. The molecule has 2 aliphatic rings. The number of piperazine rings is 1. The number of amides is 1. The van der Waals surface area contributed by atoms with Crippen molar-refractivity contribution in [3.8, 4) is 5.75 Å². The van der Waals surface area contributed by atoms with E-state index in [4.69, 9.17) is 9.47 Å². The third-order valence-corrected chi connectivity index (χ3v) is 4.50. The molecule has 1 aromatic rings. The van der Waals surface area contributed by atoms with E-state index in [0.717, 1.165) is 49.7 Å². The first kappa shape index (κ1) is 17.7. The fraction of sp³-hybridized carbons (Fsp3) is 0.556. The van der Waals surface area contributed by atoms with Gasteiger partial charge in [-0.1, -0.05) is 6.07 Å². The second-order valence-corrected chi connectivity index (χ2v) is 6.44. The molecule has 1 amide bonds. The Hall–Kier alpha value is -2.12. The lowest BCUT2D eigenvalue weighted by atomic mass is 10.1. The zero-order valence-electron chi connectivity index (χ0n) is 14.8. The van der Waals surface area contributed by atoms with E-state index in [1.165, 1.54) is 0 Å². The number of hydrogen-bond acceptors (Lipinski definition) is 6. The van der Waals surface area contributed by atoms with Gasteiger partial charge in [-0.2, -0.15) is 0 Å². The van der Waals surface area contributed by atoms with Crippen LogP contribution < -0.4 is 10.1 Å². The number of fused-ring (bicyclic) bond motifs is 1. The number of esters is 1. The van der Waals surface area contributed by atoms with Crippen molar-refractivity contribution in [2.75, 3.05) is 44.6 Å². The van der Waals surface area contributed by atoms with E-state index >= 15 is 0 Å². The molecule has 1 fully saturated rings. The molecule has 1 unspecified atom stereocenters. The van der Waals surface area contributed by atoms with Crippen LogP contribution in [0.3, 0.4) is 0 Å². The Labute approximate surface area is 147 Å². The molecule has 0 saturated carbocycles. The van der Waals surface area contributed by atoms with Gasteiger partial charge in [-0.05, 0) is 31.5 Å². The minimum absolute atomic E-state index is 0.114. The van der Waals surface area contributed by atoms with E-state index in [1.54, 1.807) is 6.92 Å². The second-order valence-electron chi connectivity index (χ2n) is 6.44. The van der Waals surface area contributed by atoms with Crippen LogP contribution >= 0.6 is 0 Å². The van der Waals surface area contributed by atoms with Crippen LogP contribution in [0.2, 0.25) is 0 Å². The van der Waals surface area contributed by atoms with E-state index in [0.29, 0.717) is 13.2 Å². The van der Waals surface area contributed by atoms with Crippen LogP contribution in [0.5, 0.6) is 5.75 Å². The fourth-order valence-corrected chi connectivity index (χ4v) is 3.11.